The second-order valence-electron chi connectivity index (χ2n) is 3.35. The van der Waals surface area contributed by atoms with Gasteiger partial charge in [0.1, 0.15) is 12.2 Å². The summed E-state index contributed by atoms with van der Waals surface area (Å²) in [5.41, 5.74) is 14.2. The minimum atomic E-state index is -1.32. The third kappa shape index (κ3) is 2.86. The van der Waals surface area contributed by atoms with Gasteiger partial charge in [-0.25, -0.2) is 0 Å². The van der Waals surface area contributed by atoms with Crippen LogP contribution in [0.15, 0.2) is 23.3 Å². The van der Waals surface area contributed by atoms with E-state index in [1.54, 1.807) is 6.07 Å². The molecule has 0 aromatic heterocycles. The first-order chi connectivity index (χ1) is 8.11. The van der Waals surface area contributed by atoms with Crippen molar-refractivity contribution < 1.29 is 10.2 Å². The molecule has 0 saturated carbocycles. The Labute approximate surface area is 97.3 Å². The Hall–Kier alpha value is -2.26. The molecule has 0 amide bonds. The SMILES string of the molecule is N#Cc1c(N)cccc1C(O)C(O)CN=[N+]=[N-]. The molecule has 1 rings (SSSR count). The van der Waals surface area contributed by atoms with Gasteiger partial charge in [0.2, 0.25) is 0 Å². The molecule has 0 bridgehead atoms. The van der Waals surface area contributed by atoms with Crippen molar-refractivity contribution in [3.05, 3.63) is 39.8 Å². The molecule has 17 heavy (non-hydrogen) atoms. The molecule has 0 saturated heterocycles. The van der Waals surface area contributed by atoms with E-state index in [1.165, 1.54) is 12.1 Å². The Bertz CT molecular complexity index is 490. The van der Waals surface area contributed by atoms with Crippen LogP contribution in [0.5, 0.6) is 0 Å². The molecular weight excluding hydrogens is 222 g/mol. The zero-order chi connectivity index (χ0) is 12.8. The van der Waals surface area contributed by atoms with Crippen molar-refractivity contribution in [3.63, 3.8) is 0 Å². The van der Waals surface area contributed by atoms with Crippen molar-refractivity contribution in [2.75, 3.05) is 12.3 Å². The van der Waals surface area contributed by atoms with Crippen LogP contribution in [0.25, 0.3) is 10.4 Å². The van der Waals surface area contributed by atoms with Crippen molar-refractivity contribution in [1.29, 1.82) is 5.26 Å². The van der Waals surface area contributed by atoms with Gasteiger partial charge in [-0.05, 0) is 11.6 Å². The molecule has 2 unspecified atom stereocenters. The molecule has 0 aliphatic heterocycles. The largest absolute Gasteiger partial charge is 0.398 e. The highest BCUT2D eigenvalue weighted by Gasteiger charge is 2.21. The van der Waals surface area contributed by atoms with Crippen LogP contribution in [0.4, 0.5) is 5.69 Å². The van der Waals surface area contributed by atoms with Gasteiger partial charge in [-0.2, -0.15) is 5.26 Å². The summed E-state index contributed by atoms with van der Waals surface area (Å²) in [4.78, 5) is 2.48. The number of nitriles is 1. The fourth-order valence-corrected chi connectivity index (χ4v) is 1.39. The van der Waals surface area contributed by atoms with Crippen molar-refractivity contribution in [1.82, 2.24) is 0 Å². The highest BCUT2D eigenvalue weighted by molar-refractivity contribution is 5.58. The van der Waals surface area contributed by atoms with Crippen molar-refractivity contribution in [2.24, 2.45) is 5.11 Å². The monoisotopic (exact) mass is 233 g/mol. The van der Waals surface area contributed by atoms with Crippen LogP contribution in [0.3, 0.4) is 0 Å². The van der Waals surface area contributed by atoms with Crippen molar-refractivity contribution in [3.8, 4) is 6.07 Å². The van der Waals surface area contributed by atoms with Crippen molar-refractivity contribution >= 4 is 5.69 Å². The van der Waals surface area contributed by atoms with Crippen LogP contribution in [-0.4, -0.2) is 22.9 Å². The lowest BCUT2D eigenvalue weighted by Gasteiger charge is -2.17. The first kappa shape index (κ1) is 12.8. The standard InChI is InChI=1S/C10H11N5O2/c11-4-7-6(2-1-3-8(7)12)10(17)9(16)5-14-15-13/h1-3,9-10,16-17H,5,12H2. The number of benzene rings is 1. The van der Waals surface area contributed by atoms with Gasteiger partial charge in [-0.1, -0.05) is 17.2 Å². The highest BCUT2D eigenvalue weighted by atomic mass is 16.3. The molecule has 0 aliphatic carbocycles. The van der Waals surface area contributed by atoms with E-state index in [4.69, 9.17) is 16.5 Å². The molecule has 0 radical (unpaired) electrons. The van der Waals surface area contributed by atoms with E-state index in [0.717, 1.165) is 0 Å². The van der Waals surface area contributed by atoms with Crippen LogP contribution in [-0.2, 0) is 0 Å². The number of azide groups is 1. The minimum Gasteiger partial charge on any atom is -0.398 e. The number of nitrogen functional groups attached to an aromatic ring is 1. The number of rotatable bonds is 4. The number of hydrogen-bond acceptors (Lipinski definition) is 5. The van der Waals surface area contributed by atoms with E-state index >= 15 is 0 Å². The van der Waals surface area contributed by atoms with E-state index in [2.05, 4.69) is 10.0 Å². The average molecular weight is 233 g/mol. The number of nitrogens with zero attached hydrogens (tertiary/aromatic N) is 4. The zero-order valence-electron chi connectivity index (χ0n) is 8.85. The Balaban J connectivity index is 3.04. The quantitative estimate of drug-likeness (QED) is 0.307. The minimum absolute atomic E-state index is 0.111. The number of anilines is 1. The van der Waals surface area contributed by atoms with Gasteiger partial charge in [0.05, 0.1) is 18.2 Å². The summed E-state index contributed by atoms with van der Waals surface area (Å²) in [6.07, 6.45) is -2.60. The summed E-state index contributed by atoms with van der Waals surface area (Å²) in [7, 11) is 0. The number of nitrogens with two attached hydrogens (primary N) is 1. The summed E-state index contributed by atoms with van der Waals surface area (Å²) in [5, 5.41) is 31.4. The predicted octanol–water partition coefficient (Wildman–Crippen LogP) is 0.845. The Morgan fingerprint density at radius 1 is 1.53 bits per heavy atom. The Kier molecular flexibility index (Phi) is 4.31. The van der Waals surface area contributed by atoms with Crippen LogP contribution in [0.2, 0.25) is 0 Å². The van der Waals surface area contributed by atoms with Gasteiger partial charge >= 0.3 is 0 Å². The van der Waals surface area contributed by atoms with E-state index in [1.807, 2.05) is 6.07 Å². The number of hydrogen-bond donors (Lipinski definition) is 3. The van der Waals surface area contributed by atoms with Crippen LogP contribution in [0, 0.1) is 11.3 Å². The summed E-state index contributed by atoms with van der Waals surface area (Å²) in [6, 6.07) is 6.43. The number of aliphatic hydroxyl groups excluding tert-OH is 2. The van der Waals surface area contributed by atoms with Crippen LogP contribution < -0.4 is 5.73 Å². The van der Waals surface area contributed by atoms with Crippen LogP contribution >= 0.6 is 0 Å². The molecule has 1 aromatic carbocycles. The summed E-state index contributed by atoms with van der Waals surface area (Å²) in [5.74, 6) is 0. The van der Waals surface area contributed by atoms with Gasteiger partial charge in [-0.15, -0.1) is 0 Å². The maximum Gasteiger partial charge on any atom is 0.106 e. The lowest BCUT2D eigenvalue weighted by molar-refractivity contribution is 0.0243. The molecule has 0 spiro atoms. The predicted molar refractivity (Wildman–Crippen MR) is 60.5 cm³/mol. The zero-order valence-corrected chi connectivity index (χ0v) is 8.85. The molecular formula is C10H11N5O2. The first-order valence-corrected chi connectivity index (χ1v) is 4.77. The van der Waals surface area contributed by atoms with Gasteiger partial charge in [0, 0.05) is 16.2 Å². The lowest BCUT2D eigenvalue weighted by atomic mass is 9.98. The molecule has 7 heteroatoms. The molecule has 2 atom stereocenters. The fraction of sp³-hybridized carbons (Fsp3) is 0.300. The Morgan fingerprint density at radius 3 is 2.82 bits per heavy atom. The fourth-order valence-electron chi connectivity index (χ4n) is 1.39. The average Bonchev–Trinajstić information content (AvgIpc) is 2.34. The summed E-state index contributed by atoms with van der Waals surface area (Å²) in [6.45, 7) is -0.280. The second-order valence-corrected chi connectivity index (χ2v) is 3.35. The maximum absolute atomic E-state index is 9.81. The van der Waals surface area contributed by atoms with Gasteiger partial charge in [0.15, 0.2) is 0 Å². The van der Waals surface area contributed by atoms with E-state index in [9.17, 15) is 10.2 Å². The molecule has 4 N–H and O–H groups in total. The molecule has 7 nitrogen and oxygen atoms in total. The normalized spacial score (nSPS) is 13.2. The number of aliphatic hydroxyl groups is 2. The topological polar surface area (TPSA) is 139 Å². The first-order valence-electron chi connectivity index (χ1n) is 4.77. The summed E-state index contributed by atoms with van der Waals surface area (Å²) < 4.78 is 0. The Morgan fingerprint density at radius 2 is 2.24 bits per heavy atom. The third-order valence-electron chi connectivity index (χ3n) is 2.26. The molecule has 0 fully saturated rings. The highest BCUT2D eigenvalue weighted by Crippen LogP contribution is 2.24. The summed E-state index contributed by atoms with van der Waals surface area (Å²) >= 11 is 0. The molecule has 0 heterocycles. The van der Waals surface area contributed by atoms with E-state index in [0.29, 0.717) is 0 Å². The van der Waals surface area contributed by atoms with E-state index in [-0.39, 0.29) is 23.4 Å². The van der Waals surface area contributed by atoms with Gasteiger partial charge in [-0.3, -0.25) is 0 Å². The van der Waals surface area contributed by atoms with Gasteiger partial charge < -0.3 is 15.9 Å². The third-order valence-corrected chi connectivity index (χ3v) is 2.26. The second kappa shape index (κ2) is 5.72. The van der Waals surface area contributed by atoms with E-state index < -0.39 is 12.2 Å². The molecule has 0 aliphatic rings. The van der Waals surface area contributed by atoms with Crippen LogP contribution in [0.1, 0.15) is 17.2 Å². The van der Waals surface area contributed by atoms with Crippen molar-refractivity contribution in [2.45, 2.75) is 12.2 Å². The van der Waals surface area contributed by atoms with Gasteiger partial charge in [0.25, 0.3) is 0 Å². The molecule has 1 aromatic rings. The smallest absolute Gasteiger partial charge is 0.106 e. The lowest BCUT2D eigenvalue weighted by Crippen LogP contribution is -2.22. The maximum atomic E-state index is 9.81. The molecule has 88 valence electrons.